The fourth-order valence-corrected chi connectivity index (χ4v) is 3.68. The van der Waals surface area contributed by atoms with Crippen molar-refractivity contribution in [1.29, 1.82) is 0 Å². The third-order valence-corrected chi connectivity index (χ3v) is 5.16. The second-order valence-corrected chi connectivity index (χ2v) is 7.16. The number of carbonyl (C=O) groups is 1. The number of nitrogens with zero attached hydrogens (tertiary/aromatic N) is 3. The minimum absolute atomic E-state index is 0.0414. The van der Waals surface area contributed by atoms with Gasteiger partial charge in [-0.3, -0.25) is 9.20 Å². The quantitative estimate of drug-likeness (QED) is 0.451. The Bertz CT molecular complexity index is 1100. The Morgan fingerprint density at radius 2 is 1.53 bits per heavy atom. The molecule has 4 aromatic rings. The van der Waals surface area contributed by atoms with E-state index in [2.05, 4.69) is 0 Å². The predicted molar refractivity (Wildman–Crippen MR) is 118 cm³/mol. The molecule has 0 saturated carbocycles. The van der Waals surface area contributed by atoms with Gasteiger partial charge in [-0.1, -0.05) is 67.6 Å². The third-order valence-electron chi connectivity index (χ3n) is 5.16. The highest BCUT2D eigenvalue weighted by molar-refractivity contribution is 5.95. The molecule has 1 amide bonds. The first-order valence-corrected chi connectivity index (χ1v) is 10.1. The van der Waals surface area contributed by atoms with Crippen LogP contribution >= 0.6 is 0 Å². The van der Waals surface area contributed by atoms with Gasteiger partial charge in [0.05, 0.1) is 12.8 Å². The normalized spacial score (nSPS) is 10.9. The number of aryl methyl sites for hydroxylation is 1. The van der Waals surface area contributed by atoms with Gasteiger partial charge in [0.2, 0.25) is 0 Å². The van der Waals surface area contributed by atoms with Crippen LogP contribution in [0.3, 0.4) is 0 Å². The number of hydrogen-bond acceptors (Lipinski definition) is 3. The van der Waals surface area contributed by atoms with Gasteiger partial charge in [-0.05, 0) is 29.7 Å². The molecule has 0 saturated heterocycles. The number of aromatic nitrogens is 2. The van der Waals surface area contributed by atoms with Gasteiger partial charge in [0.1, 0.15) is 5.69 Å². The zero-order chi connectivity index (χ0) is 20.9. The average molecular weight is 399 g/mol. The number of hydrogen-bond donors (Lipinski definition) is 0. The van der Waals surface area contributed by atoms with Crippen LogP contribution in [-0.2, 0) is 19.5 Å². The largest absolute Gasteiger partial charge is 0.493 e. The van der Waals surface area contributed by atoms with Crippen LogP contribution in [0.5, 0.6) is 5.75 Å². The van der Waals surface area contributed by atoms with Crippen LogP contribution in [0.2, 0.25) is 0 Å². The topological polar surface area (TPSA) is 46.8 Å². The molecule has 0 fully saturated rings. The van der Waals surface area contributed by atoms with Crippen molar-refractivity contribution < 1.29 is 9.53 Å². The number of rotatable bonds is 7. The average Bonchev–Trinajstić information content (AvgIpc) is 3.18. The highest BCUT2D eigenvalue weighted by atomic mass is 16.5. The van der Waals surface area contributed by atoms with E-state index in [1.54, 1.807) is 7.11 Å². The van der Waals surface area contributed by atoms with Gasteiger partial charge in [-0.2, -0.15) is 0 Å². The van der Waals surface area contributed by atoms with Gasteiger partial charge in [0.15, 0.2) is 11.4 Å². The molecule has 0 aliphatic rings. The molecule has 30 heavy (non-hydrogen) atoms. The number of benzene rings is 2. The van der Waals surface area contributed by atoms with Crippen LogP contribution in [0.4, 0.5) is 0 Å². The zero-order valence-electron chi connectivity index (χ0n) is 17.3. The molecule has 0 aliphatic heterocycles. The highest BCUT2D eigenvalue weighted by Crippen LogP contribution is 2.24. The molecule has 0 atom stereocenters. The zero-order valence-corrected chi connectivity index (χ0v) is 17.3. The van der Waals surface area contributed by atoms with Crippen LogP contribution in [0, 0.1) is 0 Å². The molecule has 0 radical (unpaired) electrons. The van der Waals surface area contributed by atoms with E-state index in [1.807, 2.05) is 95.2 Å². The van der Waals surface area contributed by atoms with Crippen LogP contribution in [-0.4, -0.2) is 27.3 Å². The Morgan fingerprint density at radius 3 is 2.07 bits per heavy atom. The number of imidazole rings is 1. The van der Waals surface area contributed by atoms with E-state index >= 15 is 0 Å². The molecule has 152 valence electrons. The van der Waals surface area contributed by atoms with Crippen LogP contribution in [0.25, 0.3) is 5.65 Å². The fourth-order valence-electron chi connectivity index (χ4n) is 3.68. The molecule has 4 rings (SSSR count). The Kier molecular flexibility index (Phi) is 5.80. The number of methoxy groups -OCH3 is 1. The van der Waals surface area contributed by atoms with E-state index in [0.29, 0.717) is 36.6 Å². The SMILES string of the molecule is CCc1nc2c(OC)cccn2c1C(=O)N(Cc1ccccc1)Cc1ccccc1. The molecule has 0 N–H and O–H groups in total. The van der Waals surface area contributed by atoms with E-state index in [9.17, 15) is 4.79 Å². The molecule has 0 bridgehead atoms. The summed E-state index contributed by atoms with van der Waals surface area (Å²) in [5, 5.41) is 0. The van der Waals surface area contributed by atoms with Crippen LogP contribution in [0.15, 0.2) is 79.0 Å². The summed E-state index contributed by atoms with van der Waals surface area (Å²) in [6.45, 7) is 3.06. The maximum Gasteiger partial charge on any atom is 0.273 e. The van der Waals surface area contributed by atoms with E-state index < -0.39 is 0 Å². The lowest BCUT2D eigenvalue weighted by molar-refractivity contribution is 0.0721. The maximum atomic E-state index is 13.8. The summed E-state index contributed by atoms with van der Waals surface area (Å²) in [7, 11) is 1.62. The molecule has 5 heteroatoms. The lowest BCUT2D eigenvalue weighted by Gasteiger charge is -2.23. The lowest BCUT2D eigenvalue weighted by atomic mass is 10.1. The van der Waals surface area contributed by atoms with Gasteiger partial charge >= 0.3 is 0 Å². The smallest absolute Gasteiger partial charge is 0.273 e. The number of amides is 1. The van der Waals surface area contributed by atoms with Gasteiger partial charge in [-0.15, -0.1) is 0 Å². The van der Waals surface area contributed by atoms with Gasteiger partial charge in [0, 0.05) is 19.3 Å². The molecular formula is C25H25N3O2. The molecule has 2 aromatic carbocycles. The summed E-state index contributed by atoms with van der Waals surface area (Å²) < 4.78 is 7.31. The monoisotopic (exact) mass is 399 g/mol. The molecule has 2 heterocycles. The summed E-state index contributed by atoms with van der Waals surface area (Å²) in [6.07, 6.45) is 2.54. The second-order valence-electron chi connectivity index (χ2n) is 7.16. The molecule has 0 aliphatic carbocycles. The molecule has 2 aromatic heterocycles. The first kappa shape index (κ1) is 19.7. The summed E-state index contributed by atoms with van der Waals surface area (Å²) in [6, 6.07) is 23.9. The van der Waals surface area contributed by atoms with Crippen molar-refractivity contribution in [2.75, 3.05) is 7.11 Å². The summed E-state index contributed by atoms with van der Waals surface area (Å²) in [5.41, 5.74) is 4.21. The molecule has 0 spiro atoms. The Hall–Kier alpha value is -3.60. The number of ether oxygens (including phenoxy) is 1. The maximum absolute atomic E-state index is 13.8. The van der Waals surface area contributed by atoms with E-state index in [0.717, 1.165) is 16.8 Å². The van der Waals surface area contributed by atoms with Crippen molar-refractivity contribution >= 4 is 11.6 Å². The standard InChI is InChI=1S/C25H25N3O2/c1-3-21-23(28-16-10-15-22(30-2)24(28)26-21)25(29)27(17-19-11-6-4-7-12-19)18-20-13-8-5-9-14-20/h4-16H,3,17-18H2,1-2H3. The highest BCUT2D eigenvalue weighted by Gasteiger charge is 2.25. The summed E-state index contributed by atoms with van der Waals surface area (Å²) in [5.74, 6) is 0.615. The number of carbonyl (C=O) groups excluding carboxylic acids is 1. The Morgan fingerprint density at radius 1 is 0.933 bits per heavy atom. The summed E-state index contributed by atoms with van der Waals surface area (Å²) >= 11 is 0. The minimum atomic E-state index is -0.0414. The van der Waals surface area contributed by atoms with Crippen molar-refractivity contribution in [1.82, 2.24) is 14.3 Å². The lowest BCUT2D eigenvalue weighted by Crippen LogP contribution is -2.31. The van der Waals surface area contributed by atoms with Crippen molar-refractivity contribution in [2.24, 2.45) is 0 Å². The molecular weight excluding hydrogens is 374 g/mol. The van der Waals surface area contributed by atoms with Gasteiger partial charge in [0.25, 0.3) is 5.91 Å². The van der Waals surface area contributed by atoms with E-state index in [4.69, 9.17) is 9.72 Å². The second kappa shape index (κ2) is 8.82. The number of fused-ring (bicyclic) bond motifs is 1. The van der Waals surface area contributed by atoms with Gasteiger partial charge in [-0.25, -0.2) is 4.98 Å². The van der Waals surface area contributed by atoms with Crippen LogP contribution < -0.4 is 4.74 Å². The summed E-state index contributed by atoms with van der Waals surface area (Å²) in [4.78, 5) is 20.4. The number of pyridine rings is 1. The van der Waals surface area contributed by atoms with E-state index in [1.165, 1.54) is 0 Å². The third kappa shape index (κ3) is 3.92. The minimum Gasteiger partial charge on any atom is -0.493 e. The van der Waals surface area contributed by atoms with E-state index in [-0.39, 0.29) is 5.91 Å². The first-order chi connectivity index (χ1) is 14.7. The fraction of sp³-hybridized carbons (Fsp3) is 0.200. The van der Waals surface area contributed by atoms with Crippen molar-refractivity contribution in [3.8, 4) is 5.75 Å². The van der Waals surface area contributed by atoms with Crippen LogP contribution in [0.1, 0.15) is 34.2 Å². The van der Waals surface area contributed by atoms with Gasteiger partial charge < -0.3 is 9.64 Å². The van der Waals surface area contributed by atoms with Crippen molar-refractivity contribution in [3.63, 3.8) is 0 Å². The van der Waals surface area contributed by atoms with Crippen molar-refractivity contribution in [2.45, 2.75) is 26.4 Å². The Balaban J connectivity index is 1.77. The predicted octanol–water partition coefficient (Wildman–Crippen LogP) is 4.75. The van der Waals surface area contributed by atoms with Crippen molar-refractivity contribution in [3.05, 3.63) is 102 Å². The molecule has 5 nitrogen and oxygen atoms in total. The first-order valence-electron chi connectivity index (χ1n) is 10.1. The molecule has 0 unspecified atom stereocenters. The Labute approximate surface area is 176 Å².